The number of ether oxygens (including phenoxy) is 6. The van der Waals surface area contributed by atoms with Gasteiger partial charge < -0.3 is 55.0 Å². The number of carbonyl (C=O) groups excluding carboxylic acids is 4. The third-order valence-corrected chi connectivity index (χ3v) is 5.18. The Hall–Kier alpha value is -2.40. The summed E-state index contributed by atoms with van der Waals surface area (Å²) in [5.74, 6) is -0.768. The molecule has 41 heavy (non-hydrogen) atoms. The SMILES string of the molecule is CCCCNC(=O)COCCOCCNC(=O)COCCOCCNC(=O)COCCOCCNC(=O)[C@@H](C)NC. The van der Waals surface area contributed by atoms with Crippen LogP contribution < -0.4 is 26.6 Å². The minimum Gasteiger partial charge on any atom is -0.377 e. The van der Waals surface area contributed by atoms with E-state index in [0.717, 1.165) is 12.8 Å². The third-order valence-electron chi connectivity index (χ3n) is 5.18. The van der Waals surface area contributed by atoms with Gasteiger partial charge in [-0.3, -0.25) is 19.2 Å². The number of unbranched alkanes of at least 4 members (excludes halogenated alkanes) is 1. The normalized spacial score (nSPS) is 11.6. The van der Waals surface area contributed by atoms with E-state index in [1.165, 1.54) is 0 Å². The highest BCUT2D eigenvalue weighted by atomic mass is 16.5. The summed E-state index contributed by atoms with van der Waals surface area (Å²) in [4.78, 5) is 46.4. The highest BCUT2D eigenvalue weighted by Gasteiger charge is 2.08. The molecule has 0 unspecified atom stereocenters. The molecule has 0 spiro atoms. The standard InChI is InChI=1S/C26H51N5O10/c1-4-5-6-28-23(32)19-39-16-13-36-10-7-29-24(33)20-40-17-14-37-11-8-30-25(34)21-41-18-15-38-12-9-31-26(35)22(2)27-3/h22,27H,4-21H2,1-3H3,(H,28,32)(H,29,33)(H,30,34)(H,31,35)/t22-/m1/s1. The third kappa shape index (κ3) is 27.5. The van der Waals surface area contributed by atoms with Gasteiger partial charge in [0, 0.05) is 26.2 Å². The van der Waals surface area contributed by atoms with Gasteiger partial charge >= 0.3 is 0 Å². The lowest BCUT2D eigenvalue weighted by atomic mass is 10.3. The molecule has 0 aromatic rings. The maximum Gasteiger partial charge on any atom is 0.246 e. The number of hydrogen-bond donors (Lipinski definition) is 5. The van der Waals surface area contributed by atoms with Crippen molar-refractivity contribution in [1.82, 2.24) is 26.6 Å². The van der Waals surface area contributed by atoms with Gasteiger partial charge in [0.05, 0.1) is 65.5 Å². The fourth-order valence-corrected chi connectivity index (χ4v) is 2.77. The minimum absolute atomic E-state index is 0.00765. The van der Waals surface area contributed by atoms with Crippen molar-refractivity contribution < 1.29 is 47.6 Å². The van der Waals surface area contributed by atoms with Crippen molar-refractivity contribution in [1.29, 1.82) is 0 Å². The van der Waals surface area contributed by atoms with Crippen LogP contribution in [0.4, 0.5) is 0 Å². The molecule has 0 aromatic carbocycles. The Morgan fingerprint density at radius 2 is 0.902 bits per heavy atom. The van der Waals surface area contributed by atoms with Crippen LogP contribution in [0.1, 0.15) is 26.7 Å². The zero-order chi connectivity index (χ0) is 30.4. The van der Waals surface area contributed by atoms with E-state index in [2.05, 4.69) is 33.5 Å². The molecule has 5 N–H and O–H groups in total. The van der Waals surface area contributed by atoms with Crippen molar-refractivity contribution in [2.24, 2.45) is 0 Å². The Labute approximate surface area is 243 Å². The largest absolute Gasteiger partial charge is 0.377 e. The van der Waals surface area contributed by atoms with Gasteiger partial charge in [0.15, 0.2) is 0 Å². The van der Waals surface area contributed by atoms with Gasteiger partial charge in [-0.2, -0.15) is 0 Å². The topological polar surface area (TPSA) is 184 Å². The molecule has 0 aromatic heterocycles. The summed E-state index contributed by atoms with van der Waals surface area (Å²) < 4.78 is 31.7. The first kappa shape index (κ1) is 38.6. The van der Waals surface area contributed by atoms with Gasteiger partial charge in [-0.1, -0.05) is 13.3 Å². The molecule has 0 fully saturated rings. The summed E-state index contributed by atoms with van der Waals surface area (Å²) in [5.41, 5.74) is 0. The molecule has 0 saturated heterocycles. The fraction of sp³-hybridized carbons (Fsp3) is 0.846. The quantitative estimate of drug-likeness (QED) is 0.0602. The Balaban J connectivity index is 3.36. The van der Waals surface area contributed by atoms with Crippen LogP contribution >= 0.6 is 0 Å². The molecule has 4 amide bonds. The van der Waals surface area contributed by atoms with Gasteiger partial charge in [0.2, 0.25) is 23.6 Å². The van der Waals surface area contributed by atoms with Gasteiger partial charge in [0.25, 0.3) is 0 Å². The van der Waals surface area contributed by atoms with E-state index in [1.54, 1.807) is 14.0 Å². The van der Waals surface area contributed by atoms with Gasteiger partial charge in [-0.15, -0.1) is 0 Å². The second-order valence-electron chi connectivity index (χ2n) is 8.70. The molecule has 0 aliphatic rings. The van der Waals surface area contributed by atoms with E-state index in [1.807, 2.05) is 0 Å². The summed E-state index contributed by atoms with van der Waals surface area (Å²) >= 11 is 0. The maximum atomic E-state index is 11.7. The van der Waals surface area contributed by atoms with Gasteiger partial charge in [0.1, 0.15) is 19.8 Å². The van der Waals surface area contributed by atoms with Crippen molar-refractivity contribution in [2.75, 3.05) is 113 Å². The zero-order valence-corrected chi connectivity index (χ0v) is 24.9. The highest BCUT2D eigenvalue weighted by Crippen LogP contribution is 1.85. The van der Waals surface area contributed by atoms with E-state index >= 15 is 0 Å². The molecule has 0 aliphatic carbocycles. The van der Waals surface area contributed by atoms with Crippen LogP contribution in [0.25, 0.3) is 0 Å². The van der Waals surface area contributed by atoms with E-state index in [9.17, 15) is 19.2 Å². The second kappa shape index (κ2) is 29.1. The zero-order valence-electron chi connectivity index (χ0n) is 24.9. The summed E-state index contributed by atoms with van der Waals surface area (Å²) in [6.07, 6.45) is 1.97. The van der Waals surface area contributed by atoms with Crippen LogP contribution in [0.2, 0.25) is 0 Å². The summed E-state index contributed by atoms with van der Waals surface area (Å²) in [6, 6.07) is -0.257. The lowest BCUT2D eigenvalue weighted by molar-refractivity contribution is -0.128. The molecule has 15 nitrogen and oxygen atoms in total. The number of hydrogen-bond acceptors (Lipinski definition) is 11. The van der Waals surface area contributed by atoms with Crippen LogP contribution in [0.5, 0.6) is 0 Å². The first-order valence-corrected chi connectivity index (χ1v) is 14.1. The molecule has 0 rings (SSSR count). The number of carbonyl (C=O) groups is 4. The van der Waals surface area contributed by atoms with Crippen LogP contribution in [0.3, 0.4) is 0 Å². The summed E-state index contributed by atoms with van der Waals surface area (Å²) in [6.45, 7) is 8.07. The van der Waals surface area contributed by atoms with Gasteiger partial charge in [-0.25, -0.2) is 0 Å². The highest BCUT2D eigenvalue weighted by molar-refractivity contribution is 5.81. The Morgan fingerprint density at radius 1 is 0.537 bits per heavy atom. The molecule has 0 heterocycles. The molecule has 1 atom stereocenters. The first-order valence-electron chi connectivity index (χ1n) is 14.1. The predicted molar refractivity (Wildman–Crippen MR) is 150 cm³/mol. The summed E-state index contributed by atoms with van der Waals surface area (Å²) in [7, 11) is 1.71. The fourth-order valence-electron chi connectivity index (χ4n) is 2.77. The number of amides is 4. The van der Waals surface area contributed by atoms with Crippen molar-refractivity contribution >= 4 is 23.6 Å². The maximum absolute atomic E-state index is 11.7. The predicted octanol–water partition coefficient (Wildman–Crippen LogP) is -2.04. The van der Waals surface area contributed by atoms with Crippen LogP contribution in [-0.4, -0.2) is 142 Å². The second-order valence-corrected chi connectivity index (χ2v) is 8.70. The Bertz CT molecular complexity index is 687. The number of rotatable bonds is 29. The van der Waals surface area contributed by atoms with E-state index < -0.39 is 0 Å². The van der Waals surface area contributed by atoms with Crippen LogP contribution in [0.15, 0.2) is 0 Å². The molecular weight excluding hydrogens is 542 g/mol. The molecular formula is C26H51N5O10. The minimum atomic E-state index is -0.267. The average Bonchev–Trinajstić information content (AvgIpc) is 2.96. The van der Waals surface area contributed by atoms with E-state index in [-0.39, 0.29) is 69.3 Å². The Morgan fingerprint density at radius 3 is 1.29 bits per heavy atom. The van der Waals surface area contributed by atoms with E-state index in [4.69, 9.17) is 28.4 Å². The van der Waals surface area contributed by atoms with Crippen LogP contribution in [-0.2, 0) is 47.6 Å². The molecule has 240 valence electrons. The molecule has 0 bridgehead atoms. The molecule has 0 radical (unpaired) electrons. The molecule has 0 aliphatic heterocycles. The summed E-state index contributed by atoms with van der Waals surface area (Å²) in [5, 5.41) is 13.7. The van der Waals surface area contributed by atoms with Crippen molar-refractivity contribution in [3.8, 4) is 0 Å². The van der Waals surface area contributed by atoms with Crippen LogP contribution in [0, 0.1) is 0 Å². The Kier molecular flexibility index (Phi) is 27.4. The number of likely N-dealkylation sites (N-methyl/N-ethyl adjacent to an activating group) is 1. The van der Waals surface area contributed by atoms with Crippen molar-refractivity contribution in [3.05, 3.63) is 0 Å². The lowest BCUT2D eigenvalue weighted by Gasteiger charge is -2.11. The smallest absolute Gasteiger partial charge is 0.246 e. The number of nitrogens with one attached hydrogen (secondary N) is 5. The monoisotopic (exact) mass is 593 g/mol. The van der Waals surface area contributed by atoms with Gasteiger partial charge in [-0.05, 0) is 20.4 Å². The molecule has 0 saturated carbocycles. The lowest BCUT2D eigenvalue weighted by Crippen LogP contribution is -2.41. The molecule has 15 heteroatoms. The average molecular weight is 594 g/mol. The first-order chi connectivity index (χ1) is 19.9. The van der Waals surface area contributed by atoms with Crippen molar-refractivity contribution in [2.45, 2.75) is 32.7 Å². The van der Waals surface area contributed by atoms with E-state index in [0.29, 0.717) is 65.8 Å². The van der Waals surface area contributed by atoms with Crippen molar-refractivity contribution in [3.63, 3.8) is 0 Å².